The summed E-state index contributed by atoms with van der Waals surface area (Å²) >= 11 is 12.0. The Kier molecular flexibility index (Phi) is 6.66. The molecule has 0 bridgehead atoms. The number of benzene rings is 1. The molecule has 0 amide bonds. The lowest BCUT2D eigenvalue weighted by Crippen LogP contribution is -2.40. The van der Waals surface area contributed by atoms with Crippen LogP contribution in [0.3, 0.4) is 0 Å². The Hall–Kier alpha value is -1.56. The van der Waals surface area contributed by atoms with E-state index in [1.165, 1.54) is 0 Å². The highest BCUT2D eigenvalue weighted by atomic mass is 35.5. The lowest BCUT2D eigenvalue weighted by atomic mass is 10.2. The normalized spacial score (nSPS) is 12.2. The summed E-state index contributed by atoms with van der Waals surface area (Å²) in [5.41, 5.74) is 1.93. The smallest absolute Gasteiger partial charge is 0.174 e. The van der Waals surface area contributed by atoms with E-state index in [0.29, 0.717) is 10.1 Å². The number of thiocarbonyl (C=S) groups is 1. The molecule has 0 saturated carbocycles. The van der Waals surface area contributed by atoms with Gasteiger partial charge in [-0.3, -0.25) is 0 Å². The molecule has 1 heterocycles. The van der Waals surface area contributed by atoms with Crippen LogP contribution in [-0.2, 0) is 0 Å². The number of likely N-dealkylation sites (N-methyl/N-ethyl adjacent to an activating group) is 1. The third kappa shape index (κ3) is 4.97. The maximum atomic E-state index is 6.32. The van der Waals surface area contributed by atoms with Gasteiger partial charge in [-0.05, 0) is 70.0 Å². The van der Waals surface area contributed by atoms with Crippen LogP contribution in [0.2, 0.25) is 5.02 Å². The van der Waals surface area contributed by atoms with Gasteiger partial charge in [0, 0.05) is 13.1 Å². The van der Waals surface area contributed by atoms with Crippen LogP contribution in [0.15, 0.2) is 41.0 Å². The second-order valence-corrected chi connectivity index (χ2v) is 6.90. The minimum atomic E-state index is 0.0316. The summed E-state index contributed by atoms with van der Waals surface area (Å²) in [6.45, 7) is 5.76. The quantitative estimate of drug-likeness (QED) is 0.758. The summed E-state index contributed by atoms with van der Waals surface area (Å²) in [5, 5.41) is 4.56. The fraction of sp³-hybridized carbons (Fsp3) is 0.389. The van der Waals surface area contributed by atoms with Crippen molar-refractivity contribution in [2.75, 3.05) is 32.5 Å². The molecule has 1 aromatic heterocycles. The zero-order chi connectivity index (χ0) is 17.7. The second kappa shape index (κ2) is 8.51. The topological polar surface area (TPSA) is 31.6 Å². The summed E-state index contributed by atoms with van der Waals surface area (Å²) in [4.78, 5) is 4.24. The molecule has 4 nitrogen and oxygen atoms in total. The summed E-state index contributed by atoms with van der Waals surface area (Å²) in [6, 6.07) is 9.77. The van der Waals surface area contributed by atoms with E-state index in [2.05, 4.69) is 22.0 Å². The first kappa shape index (κ1) is 18.8. The molecule has 0 aliphatic heterocycles. The molecule has 0 aliphatic rings. The summed E-state index contributed by atoms with van der Waals surface area (Å²) < 4.78 is 5.55. The Morgan fingerprint density at radius 3 is 2.62 bits per heavy atom. The minimum absolute atomic E-state index is 0.0316. The zero-order valence-electron chi connectivity index (χ0n) is 14.5. The molecule has 0 radical (unpaired) electrons. The van der Waals surface area contributed by atoms with Crippen LogP contribution < -0.4 is 5.32 Å². The van der Waals surface area contributed by atoms with E-state index in [0.717, 1.165) is 30.1 Å². The standard InChI is InChI=1S/C18H24ClN3OS/c1-13-7-8-16(15(19)12-13)20-18(24)22(10-9-21(3)4)14(2)17-6-5-11-23-17/h5-8,11-12,14H,9-10H2,1-4H3,(H,20,24)/t14-/m0/s1. The predicted molar refractivity (Wildman–Crippen MR) is 105 cm³/mol. The first-order valence-electron chi connectivity index (χ1n) is 7.90. The minimum Gasteiger partial charge on any atom is -0.467 e. The molecule has 2 aromatic rings. The summed E-state index contributed by atoms with van der Waals surface area (Å²) in [7, 11) is 4.09. The van der Waals surface area contributed by atoms with Gasteiger partial charge in [0.25, 0.3) is 0 Å². The Bertz CT molecular complexity index is 673. The number of nitrogens with zero attached hydrogens (tertiary/aromatic N) is 2. The molecule has 6 heteroatoms. The highest BCUT2D eigenvalue weighted by molar-refractivity contribution is 7.80. The van der Waals surface area contributed by atoms with Crippen molar-refractivity contribution in [1.82, 2.24) is 9.80 Å². The number of anilines is 1. The molecule has 0 fully saturated rings. The van der Waals surface area contributed by atoms with Crippen molar-refractivity contribution in [2.45, 2.75) is 19.9 Å². The van der Waals surface area contributed by atoms with E-state index in [-0.39, 0.29) is 6.04 Å². The maximum absolute atomic E-state index is 6.32. The molecule has 0 saturated heterocycles. The van der Waals surface area contributed by atoms with E-state index in [4.69, 9.17) is 28.2 Å². The molecule has 0 spiro atoms. The average molecular weight is 366 g/mol. The zero-order valence-corrected chi connectivity index (χ0v) is 16.1. The Balaban J connectivity index is 2.17. The lowest BCUT2D eigenvalue weighted by Gasteiger charge is -2.32. The lowest BCUT2D eigenvalue weighted by molar-refractivity contribution is 0.263. The van der Waals surface area contributed by atoms with E-state index >= 15 is 0 Å². The molecular weight excluding hydrogens is 342 g/mol. The molecule has 1 atom stereocenters. The average Bonchev–Trinajstić information content (AvgIpc) is 3.04. The molecule has 1 N–H and O–H groups in total. The van der Waals surface area contributed by atoms with Gasteiger partial charge >= 0.3 is 0 Å². The first-order chi connectivity index (χ1) is 11.4. The number of rotatable bonds is 6. The number of aryl methyl sites for hydroxylation is 1. The third-order valence-corrected chi connectivity index (χ3v) is 4.49. The van der Waals surface area contributed by atoms with Crippen LogP contribution >= 0.6 is 23.8 Å². The van der Waals surface area contributed by atoms with Gasteiger partial charge in [0.2, 0.25) is 0 Å². The highest BCUT2D eigenvalue weighted by Crippen LogP contribution is 2.25. The summed E-state index contributed by atoms with van der Waals surface area (Å²) in [6.07, 6.45) is 1.68. The van der Waals surface area contributed by atoms with Gasteiger partial charge in [-0.15, -0.1) is 0 Å². The fourth-order valence-electron chi connectivity index (χ4n) is 2.37. The number of hydrogen-bond acceptors (Lipinski definition) is 3. The summed E-state index contributed by atoms with van der Waals surface area (Å²) in [5.74, 6) is 0.882. The van der Waals surface area contributed by atoms with Crippen molar-refractivity contribution in [3.05, 3.63) is 52.9 Å². The van der Waals surface area contributed by atoms with Gasteiger partial charge in [0.1, 0.15) is 5.76 Å². The van der Waals surface area contributed by atoms with E-state index in [9.17, 15) is 0 Å². The number of furan rings is 1. The van der Waals surface area contributed by atoms with Crippen LogP contribution in [-0.4, -0.2) is 42.1 Å². The number of nitrogens with one attached hydrogen (secondary N) is 1. The molecule has 24 heavy (non-hydrogen) atoms. The van der Waals surface area contributed by atoms with Gasteiger partial charge in [0.05, 0.1) is 23.0 Å². The first-order valence-corrected chi connectivity index (χ1v) is 8.69. The predicted octanol–water partition coefficient (Wildman–Crippen LogP) is 4.56. The Morgan fingerprint density at radius 1 is 1.29 bits per heavy atom. The van der Waals surface area contributed by atoms with Crippen molar-refractivity contribution in [3.8, 4) is 0 Å². The molecule has 130 valence electrons. The fourth-order valence-corrected chi connectivity index (χ4v) is 3.01. The molecule has 1 aromatic carbocycles. The highest BCUT2D eigenvalue weighted by Gasteiger charge is 2.21. The van der Waals surface area contributed by atoms with Crippen LogP contribution in [0, 0.1) is 6.92 Å². The van der Waals surface area contributed by atoms with Crippen LogP contribution in [0.1, 0.15) is 24.3 Å². The van der Waals surface area contributed by atoms with Crippen LogP contribution in [0.5, 0.6) is 0 Å². The van der Waals surface area contributed by atoms with Crippen molar-refractivity contribution in [1.29, 1.82) is 0 Å². The van der Waals surface area contributed by atoms with Crippen molar-refractivity contribution in [3.63, 3.8) is 0 Å². The van der Waals surface area contributed by atoms with Gasteiger partial charge in [-0.2, -0.15) is 0 Å². The third-order valence-electron chi connectivity index (χ3n) is 3.84. The van der Waals surface area contributed by atoms with E-state index in [1.807, 2.05) is 51.4 Å². The van der Waals surface area contributed by atoms with Gasteiger partial charge in [-0.1, -0.05) is 17.7 Å². The van der Waals surface area contributed by atoms with Gasteiger partial charge < -0.3 is 19.5 Å². The maximum Gasteiger partial charge on any atom is 0.174 e. The van der Waals surface area contributed by atoms with Gasteiger partial charge in [-0.25, -0.2) is 0 Å². The monoisotopic (exact) mass is 365 g/mol. The van der Waals surface area contributed by atoms with Crippen molar-refractivity contribution >= 4 is 34.6 Å². The molecular formula is C18H24ClN3OS. The molecule has 0 unspecified atom stereocenters. The van der Waals surface area contributed by atoms with Crippen LogP contribution in [0.4, 0.5) is 5.69 Å². The van der Waals surface area contributed by atoms with Crippen molar-refractivity contribution in [2.24, 2.45) is 0 Å². The van der Waals surface area contributed by atoms with Crippen LogP contribution in [0.25, 0.3) is 0 Å². The van der Waals surface area contributed by atoms with Gasteiger partial charge in [0.15, 0.2) is 5.11 Å². The Labute approximate surface area is 154 Å². The molecule has 2 rings (SSSR count). The number of hydrogen-bond donors (Lipinski definition) is 1. The Morgan fingerprint density at radius 2 is 2.04 bits per heavy atom. The largest absolute Gasteiger partial charge is 0.467 e. The van der Waals surface area contributed by atoms with E-state index in [1.54, 1.807) is 6.26 Å². The van der Waals surface area contributed by atoms with Crippen molar-refractivity contribution < 1.29 is 4.42 Å². The van der Waals surface area contributed by atoms with E-state index < -0.39 is 0 Å². The second-order valence-electron chi connectivity index (χ2n) is 6.10. The molecule has 0 aliphatic carbocycles. The SMILES string of the molecule is Cc1ccc(NC(=S)N(CCN(C)C)[C@@H](C)c2ccco2)c(Cl)c1. The number of halogens is 1.